The molecule has 1 aliphatic heterocycles. The number of rotatable bonds is 6. The van der Waals surface area contributed by atoms with Crippen LogP contribution in [0.3, 0.4) is 0 Å². The van der Waals surface area contributed by atoms with Gasteiger partial charge in [-0.3, -0.25) is 0 Å². The number of aliphatic hydroxyl groups is 4. The first-order valence-electron chi connectivity index (χ1n) is 8.96. The number of aryl methyl sites for hydroxylation is 2. The van der Waals surface area contributed by atoms with Crippen LogP contribution < -0.4 is 4.74 Å². The number of benzene rings is 2. The first kappa shape index (κ1) is 20.4. The van der Waals surface area contributed by atoms with Crippen molar-refractivity contribution in [2.24, 2.45) is 0 Å². The summed E-state index contributed by atoms with van der Waals surface area (Å²) in [6.45, 7) is -0.548. The van der Waals surface area contributed by atoms with E-state index in [0.717, 1.165) is 5.56 Å². The number of hydrogen-bond acceptors (Lipinski definition) is 8. The molecule has 152 valence electrons. The van der Waals surface area contributed by atoms with Gasteiger partial charge >= 0.3 is 0 Å². The third kappa shape index (κ3) is 4.54. The van der Waals surface area contributed by atoms with E-state index in [1.807, 2.05) is 0 Å². The Bertz CT molecular complexity index is 776. The number of hydrogen-bond donors (Lipinski definition) is 6. The molecule has 28 heavy (non-hydrogen) atoms. The second-order valence-electron chi connectivity index (χ2n) is 6.77. The van der Waals surface area contributed by atoms with Gasteiger partial charge in [-0.2, -0.15) is 0 Å². The predicted octanol–water partition coefficient (Wildman–Crippen LogP) is 0.0617. The van der Waals surface area contributed by atoms with Crippen molar-refractivity contribution in [2.45, 2.75) is 43.5 Å². The van der Waals surface area contributed by atoms with Crippen LogP contribution in [-0.2, 0) is 17.6 Å². The highest BCUT2D eigenvalue weighted by Crippen LogP contribution is 2.29. The van der Waals surface area contributed by atoms with Crippen molar-refractivity contribution in [3.05, 3.63) is 53.6 Å². The first-order chi connectivity index (χ1) is 13.4. The molecule has 0 aliphatic carbocycles. The highest BCUT2D eigenvalue weighted by Gasteiger charge is 2.44. The van der Waals surface area contributed by atoms with Crippen molar-refractivity contribution in [1.82, 2.24) is 0 Å². The van der Waals surface area contributed by atoms with E-state index in [1.165, 1.54) is 18.2 Å². The Labute approximate surface area is 161 Å². The average Bonchev–Trinajstić information content (AvgIpc) is 2.69. The van der Waals surface area contributed by atoms with Gasteiger partial charge in [-0.25, -0.2) is 0 Å². The molecule has 0 amide bonds. The molecule has 8 nitrogen and oxygen atoms in total. The van der Waals surface area contributed by atoms with Gasteiger partial charge in [0.05, 0.1) is 6.61 Å². The van der Waals surface area contributed by atoms with Crippen molar-refractivity contribution in [3.63, 3.8) is 0 Å². The molecule has 0 radical (unpaired) electrons. The van der Waals surface area contributed by atoms with Crippen LogP contribution >= 0.6 is 0 Å². The lowest BCUT2D eigenvalue weighted by Crippen LogP contribution is -2.60. The summed E-state index contributed by atoms with van der Waals surface area (Å²) in [7, 11) is 0. The summed E-state index contributed by atoms with van der Waals surface area (Å²) in [4.78, 5) is 0. The Hall–Kier alpha value is -2.36. The molecule has 6 N–H and O–H groups in total. The monoisotopic (exact) mass is 392 g/mol. The van der Waals surface area contributed by atoms with Crippen LogP contribution in [0.15, 0.2) is 42.5 Å². The molecule has 0 unspecified atom stereocenters. The summed E-state index contributed by atoms with van der Waals surface area (Å²) >= 11 is 0. The highest BCUT2D eigenvalue weighted by molar-refractivity contribution is 5.40. The third-order valence-electron chi connectivity index (χ3n) is 4.75. The fourth-order valence-corrected chi connectivity index (χ4v) is 3.11. The van der Waals surface area contributed by atoms with Crippen LogP contribution in [0, 0.1) is 0 Å². The molecule has 2 aromatic carbocycles. The number of phenolic OH excluding ortho intramolecular Hbond substituents is 2. The summed E-state index contributed by atoms with van der Waals surface area (Å²) in [5, 5.41) is 58.4. The predicted molar refractivity (Wildman–Crippen MR) is 98.0 cm³/mol. The van der Waals surface area contributed by atoms with Crippen molar-refractivity contribution in [1.29, 1.82) is 0 Å². The minimum atomic E-state index is -1.53. The first-order valence-corrected chi connectivity index (χ1v) is 8.96. The van der Waals surface area contributed by atoms with Crippen LogP contribution in [-0.4, -0.2) is 68.0 Å². The molecular formula is C20H24O8. The summed E-state index contributed by atoms with van der Waals surface area (Å²) in [6.07, 6.45) is -5.78. The van der Waals surface area contributed by atoms with Gasteiger partial charge in [0.1, 0.15) is 41.7 Å². The molecule has 0 saturated carbocycles. The molecule has 5 atom stereocenters. The lowest BCUT2D eigenvalue weighted by molar-refractivity contribution is -0.277. The number of aromatic hydroxyl groups is 2. The largest absolute Gasteiger partial charge is 0.508 e. The zero-order chi connectivity index (χ0) is 20.3. The number of aliphatic hydroxyl groups excluding tert-OH is 4. The van der Waals surface area contributed by atoms with Crippen LogP contribution in [0.1, 0.15) is 11.1 Å². The Morgan fingerprint density at radius 3 is 2.18 bits per heavy atom. The second-order valence-corrected chi connectivity index (χ2v) is 6.77. The van der Waals surface area contributed by atoms with E-state index in [2.05, 4.69) is 0 Å². The maximum atomic E-state index is 10.1. The summed E-state index contributed by atoms with van der Waals surface area (Å²) in [6, 6.07) is 11.2. The molecule has 1 saturated heterocycles. The molecule has 2 aromatic rings. The average molecular weight is 392 g/mol. The Kier molecular flexibility index (Phi) is 6.38. The molecule has 3 rings (SSSR count). The van der Waals surface area contributed by atoms with Gasteiger partial charge in [-0.05, 0) is 54.3 Å². The van der Waals surface area contributed by atoms with E-state index < -0.39 is 37.3 Å². The molecule has 1 heterocycles. The molecule has 1 aliphatic rings. The van der Waals surface area contributed by atoms with Crippen LogP contribution in [0.2, 0.25) is 0 Å². The van der Waals surface area contributed by atoms with E-state index in [1.54, 1.807) is 24.3 Å². The SMILES string of the molecule is OC[C@H]1O[C@@H](Oc2ccc(O)cc2CCc2ccc(O)cc2)[C@@H](O)[C@@H](O)[C@@H]1O. The molecule has 8 heteroatoms. The maximum Gasteiger partial charge on any atom is 0.229 e. The molecule has 0 aromatic heterocycles. The van der Waals surface area contributed by atoms with E-state index >= 15 is 0 Å². The van der Waals surface area contributed by atoms with Gasteiger partial charge in [0.25, 0.3) is 0 Å². The topological polar surface area (TPSA) is 140 Å². The zero-order valence-corrected chi connectivity index (χ0v) is 15.0. The van der Waals surface area contributed by atoms with Gasteiger partial charge in [0.2, 0.25) is 6.29 Å². The summed E-state index contributed by atoms with van der Waals surface area (Å²) < 4.78 is 11.1. The van der Waals surface area contributed by atoms with Gasteiger partial charge in [-0.15, -0.1) is 0 Å². The summed E-state index contributed by atoms with van der Waals surface area (Å²) in [5.74, 6) is 0.551. The fourth-order valence-electron chi connectivity index (χ4n) is 3.11. The smallest absolute Gasteiger partial charge is 0.229 e. The van der Waals surface area contributed by atoms with Gasteiger partial charge in [-0.1, -0.05) is 12.1 Å². The lowest BCUT2D eigenvalue weighted by Gasteiger charge is -2.39. The standard InChI is InChI=1S/C20H24O8/c21-10-16-17(24)18(25)19(26)20(28-16)27-15-8-7-14(23)9-12(15)4-1-11-2-5-13(22)6-3-11/h2-3,5-9,16-26H,1,4,10H2/t16-,17-,18+,19+,20-/m1/s1. The Morgan fingerprint density at radius 1 is 0.821 bits per heavy atom. The van der Waals surface area contributed by atoms with Crippen molar-refractivity contribution in [2.75, 3.05) is 6.61 Å². The second kappa shape index (κ2) is 8.76. The molecule has 0 bridgehead atoms. The van der Waals surface area contributed by atoms with E-state index in [4.69, 9.17) is 9.47 Å². The minimum absolute atomic E-state index is 0.0434. The van der Waals surface area contributed by atoms with Crippen molar-refractivity contribution >= 4 is 0 Å². The van der Waals surface area contributed by atoms with E-state index in [-0.39, 0.29) is 11.5 Å². The Morgan fingerprint density at radius 2 is 1.50 bits per heavy atom. The van der Waals surface area contributed by atoms with Gasteiger partial charge in [0.15, 0.2) is 0 Å². The zero-order valence-electron chi connectivity index (χ0n) is 15.0. The maximum absolute atomic E-state index is 10.1. The van der Waals surface area contributed by atoms with E-state index in [9.17, 15) is 30.6 Å². The van der Waals surface area contributed by atoms with Crippen LogP contribution in [0.25, 0.3) is 0 Å². The molecule has 1 fully saturated rings. The van der Waals surface area contributed by atoms with Crippen molar-refractivity contribution < 1.29 is 40.1 Å². The molecule has 0 spiro atoms. The molecular weight excluding hydrogens is 368 g/mol. The normalized spacial score (nSPS) is 27.5. The minimum Gasteiger partial charge on any atom is -0.508 e. The van der Waals surface area contributed by atoms with E-state index in [0.29, 0.717) is 24.2 Å². The Balaban J connectivity index is 1.75. The fraction of sp³-hybridized carbons (Fsp3) is 0.400. The highest BCUT2D eigenvalue weighted by atomic mass is 16.7. The van der Waals surface area contributed by atoms with Gasteiger partial charge in [0, 0.05) is 0 Å². The quantitative estimate of drug-likeness (QED) is 0.406. The van der Waals surface area contributed by atoms with Crippen LogP contribution in [0.4, 0.5) is 0 Å². The van der Waals surface area contributed by atoms with Crippen molar-refractivity contribution in [3.8, 4) is 17.2 Å². The summed E-state index contributed by atoms with van der Waals surface area (Å²) in [5.41, 5.74) is 1.62. The van der Waals surface area contributed by atoms with Gasteiger partial charge < -0.3 is 40.1 Å². The number of ether oxygens (including phenoxy) is 2. The third-order valence-corrected chi connectivity index (χ3v) is 4.75. The van der Waals surface area contributed by atoms with Crippen LogP contribution in [0.5, 0.6) is 17.2 Å². The number of phenols is 2. The lowest BCUT2D eigenvalue weighted by atomic mass is 9.99.